The Morgan fingerprint density at radius 3 is 2.53 bits per heavy atom. The van der Waals surface area contributed by atoms with Crippen molar-refractivity contribution in [2.45, 2.75) is 19.4 Å². The highest BCUT2D eigenvalue weighted by molar-refractivity contribution is 7.15. The Morgan fingerprint density at radius 1 is 1.21 bits per heavy atom. The van der Waals surface area contributed by atoms with Gasteiger partial charge in [0.05, 0.1) is 16.1 Å². The lowest BCUT2D eigenvalue weighted by molar-refractivity contribution is 0.150. The molecule has 8 heteroatoms. The minimum absolute atomic E-state index is 0.145. The molecule has 0 aliphatic heterocycles. The summed E-state index contributed by atoms with van der Waals surface area (Å²) in [6.07, 6.45) is -2.60. The summed E-state index contributed by atoms with van der Waals surface area (Å²) in [6.45, 7) is 1.86. The molecule has 0 amide bonds. The average Bonchev–Trinajstić information content (AvgIpc) is 2.81. The molecule has 2 aromatic rings. The smallest absolute Gasteiger partial charge is 0.291 e. The van der Waals surface area contributed by atoms with Gasteiger partial charge in [-0.15, -0.1) is 10.2 Å². The highest BCUT2D eigenvalue weighted by Gasteiger charge is 2.15. The molecule has 1 atom stereocenters. The van der Waals surface area contributed by atoms with E-state index in [2.05, 4.69) is 15.5 Å². The summed E-state index contributed by atoms with van der Waals surface area (Å²) in [6, 6.07) is 5.06. The van der Waals surface area contributed by atoms with Crippen LogP contribution in [0.5, 0.6) is 0 Å². The zero-order valence-corrected chi connectivity index (χ0v) is 12.0. The van der Waals surface area contributed by atoms with Gasteiger partial charge in [-0.25, -0.2) is 8.78 Å². The van der Waals surface area contributed by atoms with Gasteiger partial charge in [0.1, 0.15) is 0 Å². The normalized spacial score (nSPS) is 12.7. The molecule has 1 unspecified atom stereocenters. The molecule has 0 aliphatic rings. The fourth-order valence-electron chi connectivity index (χ4n) is 1.43. The summed E-state index contributed by atoms with van der Waals surface area (Å²) >= 11 is 12.6. The third-order valence-electron chi connectivity index (χ3n) is 2.41. The molecule has 0 saturated carbocycles. The zero-order chi connectivity index (χ0) is 14.0. The largest absolute Gasteiger partial charge is 0.354 e. The topological polar surface area (TPSA) is 37.8 Å². The first-order valence-electron chi connectivity index (χ1n) is 5.30. The number of rotatable bonds is 4. The van der Waals surface area contributed by atoms with Gasteiger partial charge in [-0.3, -0.25) is 0 Å². The quantitative estimate of drug-likeness (QED) is 0.864. The first-order valence-corrected chi connectivity index (χ1v) is 6.87. The second kappa shape index (κ2) is 5.98. The molecule has 0 spiro atoms. The molecule has 1 aromatic carbocycles. The number of nitrogens with zero attached hydrogens (tertiary/aromatic N) is 2. The monoisotopic (exact) mass is 323 g/mol. The highest BCUT2D eigenvalue weighted by Crippen LogP contribution is 2.30. The van der Waals surface area contributed by atoms with Crippen LogP contribution in [0.2, 0.25) is 10.0 Å². The Labute approximate surface area is 122 Å². The van der Waals surface area contributed by atoms with Crippen molar-refractivity contribution in [2.24, 2.45) is 0 Å². The lowest BCUT2D eigenvalue weighted by Gasteiger charge is -2.13. The van der Waals surface area contributed by atoms with Gasteiger partial charge >= 0.3 is 0 Å². The molecule has 1 heterocycles. The Kier molecular flexibility index (Phi) is 4.54. The van der Waals surface area contributed by atoms with Crippen LogP contribution in [0.3, 0.4) is 0 Å². The molecular formula is C11H9Cl2F2N3S. The van der Waals surface area contributed by atoms with Crippen LogP contribution in [0.4, 0.5) is 13.9 Å². The molecule has 0 radical (unpaired) electrons. The van der Waals surface area contributed by atoms with Crippen molar-refractivity contribution in [3.05, 3.63) is 38.8 Å². The van der Waals surface area contributed by atoms with Crippen LogP contribution in [-0.2, 0) is 0 Å². The highest BCUT2D eigenvalue weighted by atomic mass is 35.5. The molecule has 1 aromatic heterocycles. The van der Waals surface area contributed by atoms with E-state index in [-0.39, 0.29) is 11.0 Å². The molecule has 0 fully saturated rings. The van der Waals surface area contributed by atoms with Gasteiger partial charge in [0.15, 0.2) is 5.01 Å². The number of hydrogen-bond donors (Lipinski definition) is 1. The lowest BCUT2D eigenvalue weighted by atomic mass is 10.1. The Bertz CT molecular complexity index is 577. The molecule has 102 valence electrons. The van der Waals surface area contributed by atoms with Crippen molar-refractivity contribution in [1.29, 1.82) is 0 Å². The van der Waals surface area contributed by atoms with Crippen molar-refractivity contribution in [2.75, 3.05) is 5.32 Å². The zero-order valence-electron chi connectivity index (χ0n) is 9.70. The van der Waals surface area contributed by atoms with E-state index in [4.69, 9.17) is 23.2 Å². The molecule has 0 bridgehead atoms. The van der Waals surface area contributed by atoms with Crippen molar-refractivity contribution in [1.82, 2.24) is 10.2 Å². The molecule has 2 rings (SSSR count). The van der Waals surface area contributed by atoms with E-state index in [1.54, 1.807) is 18.2 Å². The SMILES string of the molecule is CC(Nc1nnc(C(F)F)s1)c1ccc(Cl)c(Cl)c1. The van der Waals surface area contributed by atoms with E-state index < -0.39 is 6.43 Å². The van der Waals surface area contributed by atoms with Crippen molar-refractivity contribution in [3.63, 3.8) is 0 Å². The predicted molar refractivity (Wildman–Crippen MR) is 73.4 cm³/mol. The fraction of sp³-hybridized carbons (Fsp3) is 0.273. The van der Waals surface area contributed by atoms with Crippen molar-refractivity contribution < 1.29 is 8.78 Å². The lowest BCUT2D eigenvalue weighted by Crippen LogP contribution is -2.06. The number of aromatic nitrogens is 2. The molecular weight excluding hydrogens is 315 g/mol. The summed E-state index contributed by atoms with van der Waals surface area (Å²) in [4.78, 5) is 0. The van der Waals surface area contributed by atoms with Crippen LogP contribution in [-0.4, -0.2) is 10.2 Å². The number of halogens is 4. The fourth-order valence-corrected chi connectivity index (χ4v) is 2.42. The van der Waals surface area contributed by atoms with Crippen molar-refractivity contribution in [3.8, 4) is 0 Å². The van der Waals surface area contributed by atoms with E-state index in [9.17, 15) is 8.78 Å². The molecule has 1 N–H and O–H groups in total. The predicted octanol–water partition coefficient (Wildman–Crippen LogP) is 4.96. The molecule has 0 aliphatic carbocycles. The van der Waals surface area contributed by atoms with Gasteiger partial charge in [0.25, 0.3) is 6.43 Å². The van der Waals surface area contributed by atoms with Gasteiger partial charge < -0.3 is 5.32 Å². The van der Waals surface area contributed by atoms with Crippen molar-refractivity contribution >= 4 is 39.7 Å². The van der Waals surface area contributed by atoms with Gasteiger partial charge in [-0.05, 0) is 24.6 Å². The van der Waals surface area contributed by atoms with E-state index >= 15 is 0 Å². The second-order valence-corrected chi connectivity index (χ2v) is 5.61. The van der Waals surface area contributed by atoms with Gasteiger partial charge in [0.2, 0.25) is 5.13 Å². The first-order chi connectivity index (χ1) is 8.97. The molecule has 19 heavy (non-hydrogen) atoms. The number of hydrogen-bond acceptors (Lipinski definition) is 4. The number of alkyl halides is 2. The molecule has 0 saturated heterocycles. The minimum atomic E-state index is -2.60. The standard InChI is InChI=1S/C11H9Cl2F2N3S/c1-5(6-2-3-7(12)8(13)4-6)16-11-18-17-10(19-11)9(14)15/h2-5,9H,1H3,(H,16,18). The van der Waals surface area contributed by atoms with E-state index in [1.165, 1.54) is 0 Å². The van der Waals surface area contributed by atoms with Crippen LogP contribution in [0.1, 0.15) is 30.0 Å². The summed E-state index contributed by atoms with van der Waals surface area (Å²) in [7, 11) is 0. The Hall–Kier alpha value is -0.980. The summed E-state index contributed by atoms with van der Waals surface area (Å²) in [5.41, 5.74) is 0.878. The van der Waals surface area contributed by atoms with Crippen LogP contribution in [0.15, 0.2) is 18.2 Å². The third-order valence-corrected chi connectivity index (χ3v) is 4.01. The van der Waals surface area contributed by atoms with Crippen LogP contribution in [0.25, 0.3) is 0 Å². The maximum absolute atomic E-state index is 12.4. The Balaban J connectivity index is 2.11. The van der Waals surface area contributed by atoms with E-state index in [1.807, 2.05) is 6.92 Å². The van der Waals surface area contributed by atoms with Crippen LogP contribution < -0.4 is 5.32 Å². The second-order valence-electron chi connectivity index (χ2n) is 3.79. The number of nitrogens with one attached hydrogen (secondary N) is 1. The average molecular weight is 324 g/mol. The third kappa shape index (κ3) is 3.52. The summed E-state index contributed by atoms with van der Waals surface area (Å²) in [5.74, 6) is 0. The maximum atomic E-state index is 12.4. The van der Waals surface area contributed by atoms with Crippen LogP contribution >= 0.6 is 34.5 Å². The first kappa shape index (κ1) is 14.4. The molecule has 3 nitrogen and oxygen atoms in total. The number of anilines is 1. The van der Waals surface area contributed by atoms with E-state index in [0.29, 0.717) is 15.2 Å². The van der Waals surface area contributed by atoms with Gasteiger partial charge in [0, 0.05) is 0 Å². The minimum Gasteiger partial charge on any atom is -0.354 e. The van der Waals surface area contributed by atoms with E-state index in [0.717, 1.165) is 16.9 Å². The number of benzene rings is 1. The summed E-state index contributed by atoms with van der Waals surface area (Å²) in [5, 5.41) is 11.0. The van der Waals surface area contributed by atoms with Gasteiger partial charge in [-0.1, -0.05) is 40.6 Å². The Morgan fingerprint density at radius 2 is 1.95 bits per heavy atom. The maximum Gasteiger partial charge on any atom is 0.291 e. The van der Waals surface area contributed by atoms with Gasteiger partial charge in [-0.2, -0.15) is 0 Å². The van der Waals surface area contributed by atoms with Crippen LogP contribution in [0, 0.1) is 0 Å². The summed E-state index contributed by atoms with van der Waals surface area (Å²) < 4.78 is 24.8.